The second kappa shape index (κ2) is 10.9. The number of carbonyl (C=O) groups is 5. The predicted molar refractivity (Wildman–Crippen MR) is 114 cm³/mol. The van der Waals surface area contributed by atoms with Crippen molar-refractivity contribution < 1.29 is 29.1 Å². The minimum Gasteiger partial charge on any atom is -0.480 e. The zero-order valence-electron chi connectivity index (χ0n) is 17.2. The van der Waals surface area contributed by atoms with Crippen LogP contribution in [0.4, 0.5) is 0 Å². The number of aromatic nitrogens is 1. The third-order valence-corrected chi connectivity index (χ3v) is 4.79. The van der Waals surface area contributed by atoms with E-state index in [0.717, 1.165) is 10.9 Å². The first-order valence-electron chi connectivity index (χ1n) is 9.79. The summed E-state index contributed by atoms with van der Waals surface area (Å²) in [6.45, 7) is 0. The number of fused-ring (bicyclic) bond motifs is 1. The predicted octanol–water partition coefficient (Wildman–Crippen LogP) is -1.77. The number of para-hydroxylation sites is 1. The molecule has 172 valence electrons. The summed E-state index contributed by atoms with van der Waals surface area (Å²) in [5, 5.41) is 14.8. The van der Waals surface area contributed by atoms with Gasteiger partial charge in [0, 0.05) is 29.9 Å². The van der Waals surface area contributed by atoms with Crippen molar-refractivity contribution in [2.45, 2.75) is 43.8 Å². The van der Waals surface area contributed by atoms with Crippen LogP contribution in [0, 0.1) is 0 Å². The van der Waals surface area contributed by atoms with E-state index in [-0.39, 0.29) is 19.3 Å². The number of primary amides is 2. The number of benzene rings is 1. The molecule has 0 spiro atoms. The van der Waals surface area contributed by atoms with Crippen molar-refractivity contribution >= 4 is 40.5 Å². The first-order valence-corrected chi connectivity index (χ1v) is 9.79. The first-order chi connectivity index (χ1) is 15.1. The topological polar surface area (TPSA) is 223 Å². The fourth-order valence-corrected chi connectivity index (χ4v) is 3.11. The minimum atomic E-state index is -1.56. The van der Waals surface area contributed by atoms with Crippen LogP contribution in [0.3, 0.4) is 0 Å². The van der Waals surface area contributed by atoms with E-state index in [9.17, 15) is 29.1 Å². The van der Waals surface area contributed by atoms with Crippen LogP contribution in [0.2, 0.25) is 0 Å². The maximum Gasteiger partial charge on any atom is 0.326 e. The molecule has 32 heavy (non-hydrogen) atoms. The lowest BCUT2D eigenvalue weighted by molar-refractivity contribution is -0.143. The normalized spacial score (nSPS) is 13.7. The Morgan fingerprint density at radius 3 is 2.25 bits per heavy atom. The molecule has 0 aliphatic heterocycles. The fourth-order valence-electron chi connectivity index (χ4n) is 3.11. The van der Waals surface area contributed by atoms with Gasteiger partial charge in [-0.25, -0.2) is 4.79 Å². The van der Waals surface area contributed by atoms with Gasteiger partial charge < -0.3 is 37.9 Å². The maximum atomic E-state index is 12.9. The summed E-state index contributed by atoms with van der Waals surface area (Å²) in [4.78, 5) is 61.9. The highest BCUT2D eigenvalue weighted by atomic mass is 16.4. The summed E-state index contributed by atoms with van der Waals surface area (Å²) in [6.07, 6.45) is 0.914. The van der Waals surface area contributed by atoms with Crippen LogP contribution >= 0.6 is 0 Å². The van der Waals surface area contributed by atoms with E-state index >= 15 is 0 Å². The molecule has 12 nitrogen and oxygen atoms in total. The molecular formula is C20H26N6O6. The van der Waals surface area contributed by atoms with Crippen LogP contribution in [0.15, 0.2) is 30.5 Å². The monoisotopic (exact) mass is 446 g/mol. The number of hydrogen-bond donors (Lipinski definition) is 7. The lowest BCUT2D eigenvalue weighted by atomic mass is 10.0. The molecule has 12 heteroatoms. The average Bonchev–Trinajstić information content (AvgIpc) is 3.13. The number of H-pyrrole nitrogens is 1. The number of aromatic amines is 1. The van der Waals surface area contributed by atoms with Gasteiger partial charge in [0.2, 0.25) is 23.6 Å². The summed E-state index contributed by atoms with van der Waals surface area (Å²) in [6, 6.07) is 3.40. The molecule has 4 amide bonds. The first kappa shape index (κ1) is 24.3. The highest BCUT2D eigenvalue weighted by Crippen LogP contribution is 2.19. The largest absolute Gasteiger partial charge is 0.480 e. The zero-order chi connectivity index (χ0) is 23.8. The number of carboxylic acid groups (broad SMARTS) is 1. The molecular weight excluding hydrogens is 420 g/mol. The summed E-state index contributed by atoms with van der Waals surface area (Å²) >= 11 is 0. The third-order valence-electron chi connectivity index (χ3n) is 4.79. The van der Waals surface area contributed by atoms with Crippen LogP contribution in [0.5, 0.6) is 0 Å². The maximum absolute atomic E-state index is 12.9. The van der Waals surface area contributed by atoms with Crippen LogP contribution in [0.25, 0.3) is 10.9 Å². The van der Waals surface area contributed by atoms with Gasteiger partial charge in [-0.15, -0.1) is 0 Å². The van der Waals surface area contributed by atoms with Gasteiger partial charge >= 0.3 is 5.97 Å². The molecule has 1 aromatic heterocycles. The number of aliphatic carboxylic acids is 1. The van der Waals surface area contributed by atoms with Crippen LogP contribution in [-0.4, -0.2) is 57.8 Å². The average molecular weight is 446 g/mol. The Kier molecular flexibility index (Phi) is 8.30. The van der Waals surface area contributed by atoms with E-state index in [4.69, 9.17) is 17.2 Å². The Balaban J connectivity index is 2.23. The molecule has 0 radical (unpaired) electrons. The molecule has 0 unspecified atom stereocenters. The number of carboxylic acids is 1. The molecule has 10 N–H and O–H groups in total. The van der Waals surface area contributed by atoms with E-state index in [2.05, 4.69) is 15.6 Å². The van der Waals surface area contributed by atoms with Gasteiger partial charge in [0.25, 0.3) is 0 Å². The van der Waals surface area contributed by atoms with Gasteiger partial charge in [0.15, 0.2) is 0 Å². The Hall–Kier alpha value is -3.93. The third kappa shape index (κ3) is 6.80. The van der Waals surface area contributed by atoms with Gasteiger partial charge in [-0.05, 0) is 18.1 Å². The van der Waals surface area contributed by atoms with E-state index in [1.165, 1.54) is 0 Å². The molecule has 2 aromatic rings. The van der Waals surface area contributed by atoms with E-state index < -0.39 is 54.1 Å². The van der Waals surface area contributed by atoms with Crippen LogP contribution < -0.4 is 27.8 Å². The molecule has 1 aromatic carbocycles. The summed E-state index contributed by atoms with van der Waals surface area (Å²) in [5.41, 5.74) is 17.4. The van der Waals surface area contributed by atoms with Gasteiger partial charge in [0.1, 0.15) is 12.1 Å². The van der Waals surface area contributed by atoms with Crippen molar-refractivity contribution in [2.24, 2.45) is 17.2 Å². The molecule has 0 saturated carbocycles. The molecule has 0 fully saturated rings. The van der Waals surface area contributed by atoms with Gasteiger partial charge in [-0.2, -0.15) is 0 Å². The number of hydrogen-bond acceptors (Lipinski definition) is 6. The van der Waals surface area contributed by atoms with Gasteiger partial charge in [-0.3, -0.25) is 19.2 Å². The Morgan fingerprint density at radius 1 is 0.969 bits per heavy atom. The fraction of sp³-hybridized carbons (Fsp3) is 0.350. The van der Waals surface area contributed by atoms with E-state index in [1.807, 2.05) is 18.2 Å². The van der Waals surface area contributed by atoms with Crippen LogP contribution in [0.1, 0.15) is 24.8 Å². The summed E-state index contributed by atoms with van der Waals surface area (Å²) in [5.74, 6) is -4.54. The summed E-state index contributed by atoms with van der Waals surface area (Å²) in [7, 11) is 0. The molecule has 2 rings (SSSR count). The highest BCUT2D eigenvalue weighted by molar-refractivity contribution is 5.94. The standard InChI is InChI=1S/C20H26N6O6/c21-12(5-6-16(22)27)18(29)25-14(19(30)26-15(20(31)32)8-17(23)28)7-10-9-24-13-4-2-1-3-11(10)13/h1-4,9,12,14-15,24H,5-8,21H2,(H2,22,27)(H2,23,28)(H,25,29)(H,26,30)(H,31,32)/t12-,14-,15-/m0/s1. The van der Waals surface area contributed by atoms with Crippen molar-refractivity contribution in [1.82, 2.24) is 15.6 Å². The molecule has 0 aliphatic rings. The lowest BCUT2D eigenvalue weighted by Gasteiger charge is -2.22. The van der Waals surface area contributed by atoms with E-state index in [1.54, 1.807) is 12.3 Å². The van der Waals surface area contributed by atoms with E-state index in [0.29, 0.717) is 5.56 Å². The Bertz CT molecular complexity index is 1020. The second-order valence-corrected chi connectivity index (χ2v) is 7.31. The molecule has 0 saturated heterocycles. The molecule has 3 atom stereocenters. The number of nitrogens with one attached hydrogen (secondary N) is 3. The number of nitrogens with two attached hydrogens (primary N) is 3. The molecule has 0 bridgehead atoms. The lowest BCUT2D eigenvalue weighted by Crippen LogP contribution is -2.55. The van der Waals surface area contributed by atoms with Crippen LogP contribution in [-0.2, 0) is 30.4 Å². The van der Waals surface area contributed by atoms with Gasteiger partial charge in [0.05, 0.1) is 12.5 Å². The van der Waals surface area contributed by atoms with Crippen molar-refractivity contribution in [3.63, 3.8) is 0 Å². The number of rotatable bonds is 12. The second-order valence-electron chi connectivity index (χ2n) is 7.31. The smallest absolute Gasteiger partial charge is 0.326 e. The van der Waals surface area contributed by atoms with Crippen molar-refractivity contribution in [2.75, 3.05) is 0 Å². The molecule has 1 heterocycles. The summed E-state index contributed by atoms with van der Waals surface area (Å²) < 4.78 is 0. The van der Waals surface area contributed by atoms with Crippen molar-refractivity contribution in [1.29, 1.82) is 0 Å². The molecule has 0 aliphatic carbocycles. The minimum absolute atomic E-state index is 0.00698. The number of carbonyl (C=O) groups excluding carboxylic acids is 4. The Labute approximate surface area is 182 Å². The SMILES string of the molecule is NC(=O)CC[C@H](N)C(=O)N[C@@H](Cc1c[nH]c2ccccc12)C(=O)N[C@@H](CC(N)=O)C(=O)O. The van der Waals surface area contributed by atoms with Crippen molar-refractivity contribution in [3.8, 4) is 0 Å². The quantitative estimate of drug-likeness (QED) is 0.198. The van der Waals surface area contributed by atoms with Crippen molar-refractivity contribution in [3.05, 3.63) is 36.0 Å². The number of amides is 4. The Morgan fingerprint density at radius 2 is 1.62 bits per heavy atom. The zero-order valence-corrected chi connectivity index (χ0v) is 17.2. The highest BCUT2D eigenvalue weighted by Gasteiger charge is 2.29. The van der Waals surface area contributed by atoms with Gasteiger partial charge in [-0.1, -0.05) is 18.2 Å².